The number of ether oxygens (including phenoxy) is 1. The van der Waals surface area contributed by atoms with Crippen LogP contribution in [0, 0.1) is 5.92 Å². The lowest BCUT2D eigenvalue weighted by molar-refractivity contribution is -0.142. The molecule has 1 aromatic rings. The number of benzene rings is 1. The fourth-order valence-electron chi connectivity index (χ4n) is 1.71. The second-order valence-electron chi connectivity index (χ2n) is 3.53. The normalized spacial score (nSPS) is 24.4. The highest BCUT2D eigenvalue weighted by Gasteiger charge is 2.44. The maximum Gasteiger partial charge on any atom is 0.309 e. The molecule has 1 aliphatic rings. The molecule has 0 aromatic heterocycles. The molecule has 2 rings (SSSR count). The molecule has 1 aromatic carbocycles. The third-order valence-corrected chi connectivity index (χ3v) is 2.81. The highest BCUT2D eigenvalue weighted by Crippen LogP contribution is 2.48. The highest BCUT2D eigenvalue weighted by molar-refractivity contribution is 6.30. The Morgan fingerprint density at radius 1 is 1.57 bits per heavy atom. The van der Waals surface area contributed by atoms with E-state index in [-0.39, 0.29) is 11.9 Å². The van der Waals surface area contributed by atoms with Gasteiger partial charge in [0.2, 0.25) is 0 Å². The molecule has 14 heavy (non-hydrogen) atoms. The summed E-state index contributed by atoms with van der Waals surface area (Å²) in [5, 5.41) is 0.720. The number of rotatable bonds is 2. The molecule has 0 spiro atoms. The second kappa shape index (κ2) is 3.62. The minimum atomic E-state index is -0.116. The van der Waals surface area contributed by atoms with Crippen LogP contribution in [0.15, 0.2) is 24.3 Å². The molecule has 0 heterocycles. The minimum absolute atomic E-state index is 0.0402. The number of hydrogen-bond donors (Lipinski definition) is 0. The topological polar surface area (TPSA) is 26.3 Å². The van der Waals surface area contributed by atoms with Crippen molar-refractivity contribution in [3.05, 3.63) is 34.9 Å². The fourth-order valence-corrected chi connectivity index (χ4v) is 1.91. The van der Waals surface area contributed by atoms with Crippen LogP contribution < -0.4 is 0 Å². The van der Waals surface area contributed by atoms with E-state index >= 15 is 0 Å². The monoisotopic (exact) mass is 210 g/mol. The van der Waals surface area contributed by atoms with E-state index in [0.717, 1.165) is 17.0 Å². The second-order valence-corrected chi connectivity index (χ2v) is 3.96. The Kier molecular flexibility index (Phi) is 2.46. The minimum Gasteiger partial charge on any atom is -0.469 e. The smallest absolute Gasteiger partial charge is 0.309 e. The fraction of sp³-hybridized carbons (Fsp3) is 0.364. The van der Waals surface area contributed by atoms with Crippen LogP contribution in [0.5, 0.6) is 0 Å². The Hall–Kier alpha value is -1.02. The zero-order valence-electron chi connectivity index (χ0n) is 7.87. The van der Waals surface area contributed by atoms with Crippen molar-refractivity contribution in [1.29, 1.82) is 0 Å². The molecule has 0 bridgehead atoms. The Morgan fingerprint density at radius 3 is 3.00 bits per heavy atom. The van der Waals surface area contributed by atoms with E-state index in [4.69, 9.17) is 11.6 Å². The summed E-state index contributed by atoms with van der Waals surface area (Å²) >= 11 is 5.86. The SMILES string of the molecule is COC(=O)[C@@H]1C[C@H]1c1cccc(Cl)c1. The molecular weight excluding hydrogens is 200 g/mol. The Bertz CT molecular complexity index is 362. The Labute approximate surface area is 87.8 Å². The van der Waals surface area contributed by atoms with E-state index in [0.29, 0.717) is 5.92 Å². The van der Waals surface area contributed by atoms with Crippen molar-refractivity contribution >= 4 is 17.6 Å². The van der Waals surface area contributed by atoms with Crippen molar-refractivity contribution in [3.8, 4) is 0 Å². The van der Waals surface area contributed by atoms with Gasteiger partial charge in [-0.15, -0.1) is 0 Å². The average Bonchev–Trinajstić information content (AvgIpc) is 2.96. The zero-order valence-corrected chi connectivity index (χ0v) is 8.62. The van der Waals surface area contributed by atoms with Gasteiger partial charge in [0.05, 0.1) is 13.0 Å². The number of halogens is 1. The molecule has 1 saturated carbocycles. The van der Waals surface area contributed by atoms with Crippen LogP contribution in [0.3, 0.4) is 0 Å². The van der Waals surface area contributed by atoms with Crippen molar-refractivity contribution in [1.82, 2.24) is 0 Å². The van der Waals surface area contributed by atoms with E-state index in [1.807, 2.05) is 24.3 Å². The first-order valence-corrected chi connectivity index (χ1v) is 4.93. The quantitative estimate of drug-likeness (QED) is 0.702. The largest absolute Gasteiger partial charge is 0.469 e. The summed E-state index contributed by atoms with van der Waals surface area (Å²) < 4.78 is 4.68. The molecule has 2 atom stereocenters. The van der Waals surface area contributed by atoms with E-state index < -0.39 is 0 Å². The lowest BCUT2D eigenvalue weighted by Crippen LogP contribution is -2.03. The number of carbonyl (C=O) groups is 1. The number of hydrogen-bond acceptors (Lipinski definition) is 2. The van der Waals surface area contributed by atoms with Gasteiger partial charge in [0.15, 0.2) is 0 Å². The summed E-state index contributed by atoms with van der Waals surface area (Å²) in [6.45, 7) is 0. The lowest BCUT2D eigenvalue weighted by atomic mass is 10.1. The maximum atomic E-state index is 11.2. The van der Waals surface area contributed by atoms with Crippen LogP contribution in [-0.2, 0) is 9.53 Å². The lowest BCUT2D eigenvalue weighted by Gasteiger charge is -1.99. The third kappa shape index (κ3) is 1.75. The average molecular weight is 211 g/mol. The molecule has 0 N–H and O–H groups in total. The van der Waals surface area contributed by atoms with Gasteiger partial charge in [0.1, 0.15) is 0 Å². The van der Waals surface area contributed by atoms with Crippen molar-refractivity contribution in [2.24, 2.45) is 5.92 Å². The molecular formula is C11H11ClO2. The van der Waals surface area contributed by atoms with Crippen LogP contribution in [0.1, 0.15) is 17.9 Å². The summed E-state index contributed by atoms with van der Waals surface area (Å²) in [6.07, 6.45) is 0.882. The van der Waals surface area contributed by atoms with Gasteiger partial charge < -0.3 is 4.74 Å². The molecule has 0 saturated heterocycles. The first kappa shape index (κ1) is 9.53. The van der Waals surface area contributed by atoms with E-state index in [1.165, 1.54) is 7.11 Å². The molecule has 0 amide bonds. The van der Waals surface area contributed by atoms with Gasteiger partial charge in [-0.05, 0) is 30.0 Å². The summed E-state index contributed by atoms with van der Waals surface area (Å²) in [5.74, 6) is 0.231. The van der Waals surface area contributed by atoms with E-state index in [1.54, 1.807) is 0 Å². The molecule has 74 valence electrons. The zero-order chi connectivity index (χ0) is 10.1. The molecule has 1 fully saturated rings. The Morgan fingerprint density at radius 2 is 2.36 bits per heavy atom. The number of esters is 1. The third-order valence-electron chi connectivity index (χ3n) is 2.57. The van der Waals surface area contributed by atoms with Crippen molar-refractivity contribution in [3.63, 3.8) is 0 Å². The van der Waals surface area contributed by atoms with Crippen LogP contribution >= 0.6 is 11.6 Å². The standard InChI is InChI=1S/C11H11ClO2/c1-14-11(13)10-6-9(10)7-3-2-4-8(12)5-7/h2-5,9-10H,6H2,1H3/t9-,10+/m0/s1. The Balaban J connectivity index is 2.09. The maximum absolute atomic E-state index is 11.2. The van der Waals surface area contributed by atoms with Crippen LogP contribution in [0.4, 0.5) is 0 Å². The number of carbonyl (C=O) groups excluding carboxylic acids is 1. The highest BCUT2D eigenvalue weighted by atomic mass is 35.5. The first-order chi connectivity index (χ1) is 6.72. The summed E-state index contributed by atoms with van der Waals surface area (Å²) in [5.41, 5.74) is 1.13. The molecule has 2 nitrogen and oxygen atoms in total. The van der Waals surface area contributed by atoms with Crippen molar-refractivity contribution < 1.29 is 9.53 Å². The summed E-state index contributed by atoms with van der Waals surface area (Å²) in [6, 6.07) is 7.65. The summed E-state index contributed by atoms with van der Waals surface area (Å²) in [7, 11) is 1.43. The van der Waals surface area contributed by atoms with Gasteiger partial charge >= 0.3 is 5.97 Å². The van der Waals surface area contributed by atoms with Crippen LogP contribution in [0.2, 0.25) is 5.02 Å². The van der Waals surface area contributed by atoms with E-state index in [9.17, 15) is 4.79 Å². The first-order valence-electron chi connectivity index (χ1n) is 4.55. The number of methoxy groups -OCH3 is 1. The van der Waals surface area contributed by atoms with E-state index in [2.05, 4.69) is 4.74 Å². The predicted molar refractivity (Wildman–Crippen MR) is 54.3 cm³/mol. The van der Waals surface area contributed by atoms with Crippen molar-refractivity contribution in [2.45, 2.75) is 12.3 Å². The molecule has 0 unspecified atom stereocenters. The van der Waals surface area contributed by atoms with Crippen molar-refractivity contribution in [2.75, 3.05) is 7.11 Å². The van der Waals surface area contributed by atoms with Gasteiger partial charge in [0, 0.05) is 5.02 Å². The molecule has 0 aliphatic heterocycles. The van der Waals surface area contributed by atoms with Gasteiger partial charge in [0.25, 0.3) is 0 Å². The van der Waals surface area contributed by atoms with Gasteiger partial charge in [-0.3, -0.25) is 4.79 Å². The summed E-state index contributed by atoms with van der Waals surface area (Å²) in [4.78, 5) is 11.2. The molecule has 1 aliphatic carbocycles. The molecule has 0 radical (unpaired) electrons. The molecule has 3 heteroatoms. The van der Waals surface area contributed by atoms with Gasteiger partial charge in [-0.25, -0.2) is 0 Å². The van der Waals surface area contributed by atoms with Gasteiger partial charge in [-0.1, -0.05) is 23.7 Å². The van der Waals surface area contributed by atoms with Crippen LogP contribution in [0.25, 0.3) is 0 Å². The van der Waals surface area contributed by atoms with Gasteiger partial charge in [-0.2, -0.15) is 0 Å². The van der Waals surface area contributed by atoms with Crippen LogP contribution in [-0.4, -0.2) is 13.1 Å². The predicted octanol–water partition coefficient (Wildman–Crippen LogP) is 2.62.